The summed E-state index contributed by atoms with van der Waals surface area (Å²) in [6.07, 6.45) is 2.84. The number of rotatable bonds is 3. The van der Waals surface area contributed by atoms with Crippen molar-refractivity contribution in [2.24, 2.45) is 5.10 Å². The summed E-state index contributed by atoms with van der Waals surface area (Å²) >= 11 is 0. The first-order chi connectivity index (χ1) is 10.9. The second-order valence-corrected chi connectivity index (χ2v) is 5.49. The summed E-state index contributed by atoms with van der Waals surface area (Å²) < 4.78 is 0. The Labute approximate surface area is 130 Å². The molecular formula is C20H16N2. The molecule has 0 radical (unpaired) electrons. The van der Waals surface area contributed by atoms with Crippen molar-refractivity contribution in [2.45, 2.75) is 6.42 Å². The third kappa shape index (κ3) is 2.40. The van der Waals surface area contributed by atoms with Crippen LogP contribution in [0.25, 0.3) is 11.1 Å². The molecule has 0 spiro atoms. The third-order valence-corrected chi connectivity index (χ3v) is 4.00. The van der Waals surface area contributed by atoms with Crippen LogP contribution in [0.5, 0.6) is 0 Å². The van der Waals surface area contributed by atoms with Gasteiger partial charge in [-0.05, 0) is 46.4 Å². The van der Waals surface area contributed by atoms with Crippen LogP contribution in [-0.2, 0) is 6.42 Å². The number of hydrogen-bond acceptors (Lipinski definition) is 2. The average Bonchev–Trinajstić information content (AvgIpc) is 2.93. The first-order valence-electron chi connectivity index (χ1n) is 7.45. The molecule has 0 atom stereocenters. The van der Waals surface area contributed by atoms with Crippen molar-refractivity contribution in [2.75, 3.05) is 5.43 Å². The first-order valence-corrected chi connectivity index (χ1v) is 7.45. The molecule has 1 aliphatic carbocycles. The van der Waals surface area contributed by atoms with Gasteiger partial charge >= 0.3 is 0 Å². The van der Waals surface area contributed by atoms with Crippen molar-refractivity contribution in [1.82, 2.24) is 0 Å². The van der Waals surface area contributed by atoms with Gasteiger partial charge in [0, 0.05) is 0 Å². The number of fused-ring (bicyclic) bond motifs is 3. The van der Waals surface area contributed by atoms with Gasteiger partial charge < -0.3 is 0 Å². The summed E-state index contributed by atoms with van der Waals surface area (Å²) in [6, 6.07) is 25.2. The van der Waals surface area contributed by atoms with E-state index in [9.17, 15) is 0 Å². The molecular weight excluding hydrogens is 268 g/mol. The summed E-state index contributed by atoms with van der Waals surface area (Å²) in [5, 5.41) is 4.31. The van der Waals surface area contributed by atoms with Crippen LogP contribution in [-0.4, -0.2) is 6.21 Å². The van der Waals surface area contributed by atoms with Gasteiger partial charge in [-0.3, -0.25) is 5.43 Å². The normalized spacial score (nSPS) is 12.2. The Bertz CT molecular complexity index is 835. The lowest BCUT2D eigenvalue weighted by molar-refractivity contribution is 1.25. The van der Waals surface area contributed by atoms with Gasteiger partial charge in [-0.1, -0.05) is 60.7 Å². The van der Waals surface area contributed by atoms with E-state index < -0.39 is 0 Å². The molecule has 0 bridgehead atoms. The fraction of sp³-hybridized carbons (Fsp3) is 0.0500. The Morgan fingerprint density at radius 2 is 1.55 bits per heavy atom. The van der Waals surface area contributed by atoms with Crippen LogP contribution in [0, 0.1) is 0 Å². The van der Waals surface area contributed by atoms with Gasteiger partial charge in [-0.15, -0.1) is 0 Å². The van der Waals surface area contributed by atoms with Gasteiger partial charge in [0.25, 0.3) is 0 Å². The molecule has 0 saturated carbocycles. The van der Waals surface area contributed by atoms with Crippen LogP contribution < -0.4 is 5.43 Å². The van der Waals surface area contributed by atoms with E-state index in [-0.39, 0.29) is 0 Å². The van der Waals surface area contributed by atoms with Crippen LogP contribution in [0.3, 0.4) is 0 Å². The molecule has 22 heavy (non-hydrogen) atoms. The monoisotopic (exact) mass is 284 g/mol. The predicted octanol–water partition coefficient (Wildman–Crippen LogP) is 4.70. The molecule has 2 nitrogen and oxygen atoms in total. The Morgan fingerprint density at radius 3 is 2.45 bits per heavy atom. The molecule has 0 aliphatic heterocycles. The zero-order valence-corrected chi connectivity index (χ0v) is 12.2. The molecule has 2 heteroatoms. The molecule has 0 heterocycles. The second kappa shape index (κ2) is 5.49. The zero-order valence-electron chi connectivity index (χ0n) is 12.2. The van der Waals surface area contributed by atoms with E-state index in [1.807, 2.05) is 36.5 Å². The molecule has 1 aliphatic rings. The topological polar surface area (TPSA) is 24.4 Å². The van der Waals surface area contributed by atoms with Crippen LogP contribution in [0.2, 0.25) is 0 Å². The Hall–Kier alpha value is -2.87. The van der Waals surface area contributed by atoms with Crippen molar-refractivity contribution < 1.29 is 0 Å². The van der Waals surface area contributed by atoms with Gasteiger partial charge in [0.05, 0.1) is 11.9 Å². The Morgan fingerprint density at radius 1 is 0.773 bits per heavy atom. The largest absolute Gasteiger partial charge is 0.278 e. The first kappa shape index (κ1) is 12.8. The third-order valence-electron chi connectivity index (χ3n) is 4.00. The summed E-state index contributed by atoms with van der Waals surface area (Å²) in [6.45, 7) is 0. The minimum absolute atomic E-state index is 1.00. The van der Waals surface area contributed by atoms with Crippen LogP contribution in [0.15, 0.2) is 77.9 Å². The van der Waals surface area contributed by atoms with Crippen molar-refractivity contribution in [3.63, 3.8) is 0 Å². The van der Waals surface area contributed by atoms with Crippen molar-refractivity contribution >= 4 is 11.9 Å². The van der Waals surface area contributed by atoms with Crippen LogP contribution in [0.4, 0.5) is 5.69 Å². The van der Waals surface area contributed by atoms with E-state index >= 15 is 0 Å². The maximum absolute atomic E-state index is 4.31. The molecule has 0 unspecified atom stereocenters. The standard InChI is InChI=1S/C20H16N2/c1-2-6-15(7-3-1)14-21-22-18-10-11-20-17(13-18)12-16-8-4-5-9-19(16)20/h1-11,13-14,22H,12H2/b21-14+. The van der Waals surface area contributed by atoms with Gasteiger partial charge in [0.15, 0.2) is 0 Å². The van der Waals surface area contributed by atoms with E-state index in [1.54, 1.807) is 0 Å². The smallest absolute Gasteiger partial charge is 0.0565 e. The lowest BCUT2D eigenvalue weighted by Gasteiger charge is -2.04. The molecule has 3 aromatic carbocycles. The summed E-state index contributed by atoms with van der Waals surface area (Å²) in [7, 11) is 0. The number of hydrogen-bond donors (Lipinski definition) is 1. The highest BCUT2D eigenvalue weighted by Crippen LogP contribution is 2.37. The van der Waals surface area contributed by atoms with Gasteiger partial charge in [0.1, 0.15) is 0 Å². The van der Waals surface area contributed by atoms with Crippen molar-refractivity contribution in [3.05, 3.63) is 89.5 Å². The maximum Gasteiger partial charge on any atom is 0.0565 e. The Balaban J connectivity index is 1.54. The second-order valence-electron chi connectivity index (χ2n) is 5.49. The van der Waals surface area contributed by atoms with E-state index in [2.05, 4.69) is 53.0 Å². The highest BCUT2D eigenvalue weighted by atomic mass is 15.3. The summed E-state index contributed by atoms with van der Waals surface area (Å²) in [5.41, 5.74) is 10.7. The van der Waals surface area contributed by atoms with Crippen molar-refractivity contribution in [3.8, 4) is 11.1 Å². The maximum atomic E-state index is 4.31. The van der Waals surface area contributed by atoms with Crippen LogP contribution in [0.1, 0.15) is 16.7 Å². The summed E-state index contributed by atoms with van der Waals surface area (Å²) in [4.78, 5) is 0. The molecule has 0 saturated heterocycles. The number of hydrazone groups is 1. The highest BCUT2D eigenvalue weighted by molar-refractivity contribution is 5.81. The van der Waals surface area contributed by atoms with E-state index in [0.29, 0.717) is 0 Å². The summed E-state index contributed by atoms with van der Waals surface area (Å²) in [5.74, 6) is 0. The quantitative estimate of drug-likeness (QED) is 0.428. The fourth-order valence-electron chi connectivity index (χ4n) is 2.94. The SMILES string of the molecule is C(=N\Nc1ccc2c(c1)Cc1ccccc1-2)/c1ccccc1. The molecule has 0 fully saturated rings. The van der Waals surface area contributed by atoms with Crippen molar-refractivity contribution in [1.29, 1.82) is 0 Å². The zero-order chi connectivity index (χ0) is 14.8. The van der Waals surface area contributed by atoms with Gasteiger partial charge in [-0.25, -0.2) is 0 Å². The van der Waals surface area contributed by atoms with Gasteiger partial charge in [0.2, 0.25) is 0 Å². The van der Waals surface area contributed by atoms with E-state index in [0.717, 1.165) is 17.7 Å². The van der Waals surface area contributed by atoms with Gasteiger partial charge in [-0.2, -0.15) is 5.10 Å². The number of benzene rings is 3. The van der Waals surface area contributed by atoms with E-state index in [1.165, 1.54) is 22.3 Å². The minimum Gasteiger partial charge on any atom is -0.278 e. The van der Waals surface area contributed by atoms with Crippen LogP contribution >= 0.6 is 0 Å². The molecule has 106 valence electrons. The predicted molar refractivity (Wildman–Crippen MR) is 92.3 cm³/mol. The average molecular weight is 284 g/mol. The molecule has 0 aromatic heterocycles. The molecule has 3 aromatic rings. The molecule has 0 amide bonds. The lowest BCUT2D eigenvalue weighted by atomic mass is 10.1. The molecule has 1 N–H and O–H groups in total. The number of anilines is 1. The fourth-order valence-corrected chi connectivity index (χ4v) is 2.94. The van der Waals surface area contributed by atoms with E-state index in [4.69, 9.17) is 0 Å². The minimum atomic E-state index is 1.00. The number of nitrogens with one attached hydrogen (secondary N) is 1. The Kier molecular flexibility index (Phi) is 3.20. The lowest BCUT2D eigenvalue weighted by Crippen LogP contribution is -1.92. The molecule has 4 rings (SSSR count). The number of nitrogens with zero attached hydrogens (tertiary/aromatic N) is 1. The highest BCUT2D eigenvalue weighted by Gasteiger charge is 2.17.